The minimum atomic E-state index is -0.558. The van der Waals surface area contributed by atoms with E-state index in [1.165, 1.54) is 0 Å². The van der Waals surface area contributed by atoms with E-state index >= 15 is 0 Å². The molecule has 0 radical (unpaired) electrons. The number of aliphatic hydroxyl groups excluding tert-OH is 1. The first-order chi connectivity index (χ1) is 12.0. The van der Waals surface area contributed by atoms with Gasteiger partial charge in [-0.15, -0.1) is 0 Å². The minimum absolute atomic E-state index is 0.153. The van der Waals surface area contributed by atoms with Crippen molar-refractivity contribution < 1.29 is 14.6 Å². The molecule has 25 heavy (non-hydrogen) atoms. The largest absolute Gasteiger partial charge is 0.390 e. The van der Waals surface area contributed by atoms with Crippen LogP contribution in [0.2, 0.25) is 10.0 Å². The fourth-order valence-electron chi connectivity index (χ4n) is 3.83. The van der Waals surface area contributed by atoms with Gasteiger partial charge in [0.05, 0.1) is 34.3 Å². The van der Waals surface area contributed by atoms with E-state index in [9.17, 15) is 9.90 Å². The molecule has 0 saturated carbocycles. The standard InChI is InChI=1S/C18H16Cl2N2O3/c19-11-2-1-10(7-12(11)20)22-18(24)16-14-8-13(23)17(25-14)15(16)9-3-5-21-6-4-9/h1-7,13-17,23H,8H2,(H,22,24)/t13-,14-,15+,16+,17-/m0/s1. The maximum atomic E-state index is 12.9. The molecule has 5 nitrogen and oxygen atoms in total. The number of hydrogen-bond donors (Lipinski definition) is 2. The van der Waals surface area contributed by atoms with E-state index in [0.717, 1.165) is 5.56 Å². The van der Waals surface area contributed by atoms with E-state index in [0.29, 0.717) is 22.2 Å². The number of nitrogens with zero attached hydrogens (tertiary/aromatic N) is 1. The molecule has 2 saturated heterocycles. The highest BCUT2D eigenvalue weighted by molar-refractivity contribution is 6.42. The van der Waals surface area contributed by atoms with Crippen LogP contribution in [0.15, 0.2) is 42.7 Å². The van der Waals surface area contributed by atoms with E-state index in [1.807, 2.05) is 12.1 Å². The first-order valence-electron chi connectivity index (χ1n) is 8.04. The predicted molar refractivity (Wildman–Crippen MR) is 94.8 cm³/mol. The molecule has 2 N–H and O–H groups in total. The Balaban J connectivity index is 1.61. The number of rotatable bonds is 3. The molecule has 0 spiro atoms. The first kappa shape index (κ1) is 16.8. The van der Waals surface area contributed by atoms with Gasteiger partial charge < -0.3 is 15.2 Å². The summed E-state index contributed by atoms with van der Waals surface area (Å²) >= 11 is 11.9. The molecule has 1 aromatic heterocycles. The van der Waals surface area contributed by atoms with Crippen molar-refractivity contribution in [3.05, 3.63) is 58.3 Å². The van der Waals surface area contributed by atoms with Crippen molar-refractivity contribution in [3.8, 4) is 0 Å². The number of hydrogen-bond acceptors (Lipinski definition) is 4. The second kappa shape index (κ2) is 6.57. The second-order valence-corrected chi connectivity index (χ2v) is 7.21. The monoisotopic (exact) mass is 378 g/mol. The van der Waals surface area contributed by atoms with Gasteiger partial charge in [0.25, 0.3) is 0 Å². The number of carbonyl (C=O) groups excluding carboxylic acids is 1. The number of benzene rings is 1. The van der Waals surface area contributed by atoms with E-state index in [4.69, 9.17) is 27.9 Å². The number of halogens is 2. The molecule has 2 fully saturated rings. The third-order valence-electron chi connectivity index (χ3n) is 4.91. The van der Waals surface area contributed by atoms with Crippen LogP contribution < -0.4 is 5.32 Å². The van der Waals surface area contributed by atoms with Crippen LogP contribution in [0.25, 0.3) is 0 Å². The van der Waals surface area contributed by atoms with Crippen molar-refractivity contribution >= 4 is 34.8 Å². The Bertz CT molecular complexity index is 802. The summed E-state index contributed by atoms with van der Waals surface area (Å²) in [5, 5.41) is 13.9. The predicted octanol–water partition coefficient (Wildman–Crippen LogP) is 3.26. The van der Waals surface area contributed by atoms with E-state index in [-0.39, 0.29) is 30.0 Å². The van der Waals surface area contributed by atoms with Gasteiger partial charge in [0.1, 0.15) is 0 Å². The number of carbonyl (C=O) groups is 1. The van der Waals surface area contributed by atoms with E-state index in [2.05, 4.69) is 10.3 Å². The molecule has 4 rings (SSSR count). The van der Waals surface area contributed by atoms with Gasteiger partial charge in [0.15, 0.2) is 0 Å². The van der Waals surface area contributed by atoms with Crippen molar-refractivity contribution in [2.24, 2.45) is 5.92 Å². The maximum absolute atomic E-state index is 12.9. The van der Waals surface area contributed by atoms with Gasteiger partial charge in [-0.3, -0.25) is 9.78 Å². The molecule has 3 heterocycles. The number of fused-ring (bicyclic) bond motifs is 2. The number of nitrogens with one attached hydrogen (secondary N) is 1. The molecular weight excluding hydrogens is 363 g/mol. The Labute approximate surface area is 154 Å². The van der Waals surface area contributed by atoms with Crippen LogP contribution in [0.3, 0.4) is 0 Å². The van der Waals surface area contributed by atoms with Crippen LogP contribution in [-0.4, -0.2) is 34.3 Å². The lowest BCUT2D eigenvalue weighted by Crippen LogP contribution is -2.41. The Kier molecular flexibility index (Phi) is 4.41. The number of amides is 1. The van der Waals surface area contributed by atoms with Crippen LogP contribution >= 0.6 is 23.2 Å². The highest BCUT2D eigenvalue weighted by atomic mass is 35.5. The molecule has 5 atom stereocenters. The van der Waals surface area contributed by atoms with Gasteiger partial charge in [0, 0.05) is 30.4 Å². The summed E-state index contributed by atoms with van der Waals surface area (Å²) in [4.78, 5) is 16.9. The second-order valence-electron chi connectivity index (χ2n) is 6.39. The lowest BCUT2D eigenvalue weighted by Gasteiger charge is -2.30. The van der Waals surface area contributed by atoms with Crippen molar-refractivity contribution in [1.29, 1.82) is 0 Å². The molecule has 2 aliphatic rings. The summed E-state index contributed by atoms with van der Waals surface area (Å²) in [7, 11) is 0. The van der Waals surface area contributed by atoms with Crippen LogP contribution in [0, 0.1) is 5.92 Å². The van der Waals surface area contributed by atoms with E-state index in [1.54, 1.807) is 30.6 Å². The molecule has 2 aromatic rings. The number of anilines is 1. The molecule has 1 aromatic carbocycles. The molecular formula is C18H16Cl2N2O3. The molecule has 2 aliphatic heterocycles. The van der Waals surface area contributed by atoms with Crippen molar-refractivity contribution in [1.82, 2.24) is 4.98 Å². The quantitative estimate of drug-likeness (QED) is 0.859. The van der Waals surface area contributed by atoms with Crippen LogP contribution in [0.4, 0.5) is 5.69 Å². The van der Waals surface area contributed by atoms with Gasteiger partial charge in [-0.25, -0.2) is 0 Å². The fourth-order valence-corrected chi connectivity index (χ4v) is 4.12. The zero-order valence-electron chi connectivity index (χ0n) is 13.1. The van der Waals surface area contributed by atoms with Crippen molar-refractivity contribution in [2.45, 2.75) is 30.7 Å². The maximum Gasteiger partial charge on any atom is 0.230 e. The number of ether oxygens (including phenoxy) is 1. The van der Waals surface area contributed by atoms with Gasteiger partial charge >= 0.3 is 0 Å². The Morgan fingerprint density at radius 2 is 1.96 bits per heavy atom. The SMILES string of the molecule is O=C(Nc1ccc(Cl)c(Cl)c1)[C@H]1[C@@H](c2ccncc2)[C@H]2O[C@H]1C[C@@H]2O. The van der Waals surface area contributed by atoms with Gasteiger partial charge in [0.2, 0.25) is 5.91 Å². The molecule has 2 bridgehead atoms. The average molecular weight is 379 g/mol. The summed E-state index contributed by atoms with van der Waals surface area (Å²) in [5.74, 6) is -0.746. The minimum Gasteiger partial charge on any atom is -0.390 e. The topological polar surface area (TPSA) is 71.5 Å². The summed E-state index contributed by atoms with van der Waals surface area (Å²) in [6.07, 6.45) is 2.59. The summed E-state index contributed by atoms with van der Waals surface area (Å²) in [5.41, 5.74) is 1.52. The zero-order chi connectivity index (χ0) is 17.6. The van der Waals surface area contributed by atoms with Gasteiger partial charge in [-0.1, -0.05) is 23.2 Å². The molecule has 7 heteroatoms. The van der Waals surface area contributed by atoms with Crippen molar-refractivity contribution in [3.63, 3.8) is 0 Å². The third-order valence-corrected chi connectivity index (χ3v) is 5.65. The third kappa shape index (κ3) is 3.02. The van der Waals surface area contributed by atoms with Crippen LogP contribution in [0.1, 0.15) is 17.9 Å². The van der Waals surface area contributed by atoms with E-state index < -0.39 is 6.10 Å². The number of aromatic nitrogens is 1. The molecule has 0 aliphatic carbocycles. The smallest absolute Gasteiger partial charge is 0.230 e. The van der Waals surface area contributed by atoms with Crippen LogP contribution in [0.5, 0.6) is 0 Å². The lowest BCUT2D eigenvalue weighted by atomic mass is 9.74. The Morgan fingerprint density at radius 3 is 2.68 bits per heavy atom. The number of aliphatic hydroxyl groups is 1. The summed E-state index contributed by atoms with van der Waals surface area (Å²) in [6, 6.07) is 8.69. The molecule has 0 unspecified atom stereocenters. The molecule has 130 valence electrons. The van der Waals surface area contributed by atoms with Crippen molar-refractivity contribution in [2.75, 3.05) is 5.32 Å². The highest BCUT2D eigenvalue weighted by Gasteiger charge is 2.56. The summed E-state index contributed by atoms with van der Waals surface area (Å²) in [6.45, 7) is 0. The van der Waals surface area contributed by atoms with Gasteiger partial charge in [-0.2, -0.15) is 0 Å². The van der Waals surface area contributed by atoms with Crippen LogP contribution in [-0.2, 0) is 9.53 Å². The Hall–Kier alpha value is -1.66. The average Bonchev–Trinajstić information content (AvgIpc) is 3.16. The number of pyridine rings is 1. The normalized spacial score (nSPS) is 30.4. The zero-order valence-corrected chi connectivity index (χ0v) is 14.6. The lowest BCUT2D eigenvalue weighted by molar-refractivity contribution is -0.121. The van der Waals surface area contributed by atoms with Gasteiger partial charge in [-0.05, 0) is 35.9 Å². The Morgan fingerprint density at radius 1 is 1.20 bits per heavy atom. The molecule has 1 amide bonds. The first-order valence-corrected chi connectivity index (χ1v) is 8.79. The fraction of sp³-hybridized carbons (Fsp3) is 0.333. The highest BCUT2D eigenvalue weighted by Crippen LogP contribution is 2.49. The summed E-state index contributed by atoms with van der Waals surface area (Å²) < 4.78 is 5.89.